The number of likely N-dealkylation sites (N-methyl/N-ethyl adjacent to an activating group) is 2. The van der Waals surface area contributed by atoms with Crippen molar-refractivity contribution < 1.29 is 24.2 Å². The number of aromatic nitrogens is 3. The molecule has 43 heavy (non-hydrogen) atoms. The van der Waals surface area contributed by atoms with Crippen LogP contribution in [0.3, 0.4) is 0 Å². The van der Waals surface area contributed by atoms with Gasteiger partial charge >= 0.3 is 12.1 Å². The highest BCUT2D eigenvalue weighted by Crippen LogP contribution is 2.30. The highest BCUT2D eigenvalue weighted by atomic mass is 32.1. The van der Waals surface area contributed by atoms with Crippen LogP contribution in [0.2, 0.25) is 0 Å². The van der Waals surface area contributed by atoms with Gasteiger partial charge in [-0.15, -0.1) is 0 Å². The van der Waals surface area contributed by atoms with Crippen molar-refractivity contribution in [2.24, 2.45) is 5.92 Å². The fourth-order valence-electron chi connectivity index (χ4n) is 5.24. The summed E-state index contributed by atoms with van der Waals surface area (Å²) < 4.78 is 6.90. The zero-order valence-corrected chi connectivity index (χ0v) is 26.6. The van der Waals surface area contributed by atoms with Crippen LogP contribution in [0.25, 0.3) is 11.0 Å². The van der Waals surface area contributed by atoms with Gasteiger partial charge in [-0.05, 0) is 70.7 Å². The number of alkyl carbamates (subject to hydrolysis) is 1. The second-order valence-corrected chi connectivity index (χ2v) is 12.3. The van der Waals surface area contributed by atoms with Gasteiger partial charge in [-0.2, -0.15) is 5.26 Å². The molecule has 2 aromatic rings. The number of anilines is 1. The number of piperidine rings is 1. The lowest BCUT2D eigenvalue weighted by Crippen LogP contribution is -2.52. The molecule has 2 amide bonds. The maximum Gasteiger partial charge on any atom is 0.407 e. The molecule has 0 aliphatic carbocycles. The van der Waals surface area contributed by atoms with Gasteiger partial charge in [0, 0.05) is 39.9 Å². The van der Waals surface area contributed by atoms with Gasteiger partial charge in [0.15, 0.2) is 10.8 Å². The van der Waals surface area contributed by atoms with Crippen LogP contribution in [0, 0.1) is 17.2 Å². The average molecular weight is 615 g/mol. The van der Waals surface area contributed by atoms with Crippen molar-refractivity contribution in [2.75, 3.05) is 38.6 Å². The third-order valence-electron chi connectivity index (χ3n) is 7.63. The second-order valence-electron chi connectivity index (χ2n) is 11.9. The lowest BCUT2D eigenvalue weighted by atomic mass is 9.92. The number of likely N-dealkylation sites (tertiary alicyclic amines) is 1. The number of rotatable bonds is 10. The number of carbonyl (C=O) groups excluding carboxylic acids is 2. The summed E-state index contributed by atoms with van der Waals surface area (Å²) in [5.74, 6) is -0.218. The van der Waals surface area contributed by atoms with Crippen LogP contribution < -0.4 is 10.2 Å². The highest BCUT2D eigenvalue weighted by Gasteiger charge is 2.33. The molecule has 1 aliphatic heterocycles. The van der Waals surface area contributed by atoms with Crippen LogP contribution in [0.5, 0.6) is 0 Å². The Labute approximate surface area is 257 Å². The standard InChI is InChI=1S/C29H42N8O5S/c1-19-11-15-36(23(38)10-13-30)17-22(19)34(5)24-20-12-16-37(25(20)33-18-32-24)28(43)35(6)21(26(39)40)9-7-8-14-31-27(41)42-29(2,3)4/h12,16,18-19,21-22H,7-11,14-15,17H2,1-6H3,(H,31,41)(H,39,40)/t19-,21+,22+/m1/s1. The third kappa shape index (κ3) is 8.53. The molecule has 234 valence electrons. The first kappa shape index (κ1) is 33.5. The number of carbonyl (C=O) groups is 3. The molecule has 3 rings (SSSR count). The topological polar surface area (TPSA) is 157 Å². The minimum Gasteiger partial charge on any atom is -0.480 e. The molecule has 0 saturated carbocycles. The first-order valence-corrected chi connectivity index (χ1v) is 14.8. The molecule has 0 aromatic carbocycles. The summed E-state index contributed by atoms with van der Waals surface area (Å²) in [4.78, 5) is 50.8. The van der Waals surface area contributed by atoms with Crippen molar-refractivity contribution in [3.8, 4) is 6.07 Å². The first-order chi connectivity index (χ1) is 20.2. The maximum absolute atomic E-state index is 12.4. The highest BCUT2D eigenvalue weighted by molar-refractivity contribution is 7.80. The monoisotopic (exact) mass is 614 g/mol. The van der Waals surface area contributed by atoms with Gasteiger partial charge in [0.2, 0.25) is 5.91 Å². The molecule has 3 heterocycles. The molecule has 2 aromatic heterocycles. The van der Waals surface area contributed by atoms with Crippen molar-refractivity contribution in [3.05, 3.63) is 18.6 Å². The number of nitrogens with zero attached hydrogens (tertiary/aromatic N) is 7. The number of aliphatic carboxylic acids is 1. The molecular weight excluding hydrogens is 572 g/mol. The Balaban J connectivity index is 1.70. The Morgan fingerprint density at radius 3 is 2.65 bits per heavy atom. The van der Waals surface area contributed by atoms with Crippen LogP contribution >= 0.6 is 12.2 Å². The SMILES string of the molecule is C[C@@H]1CCN(C(=O)CC#N)C[C@@H]1N(C)c1ncnc2c1ccn2C(=S)N(C)[C@@H](CCCCNC(=O)OC(C)(C)C)C(=O)O. The van der Waals surface area contributed by atoms with Crippen LogP contribution in [0.15, 0.2) is 18.6 Å². The van der Waals surface area contributed by atoms with Gasteiger partial charge in [0.05, 0.1) is 17.5 Å². The van der Waals surface area contributed by atoms with Crippen molar-refractivity contribution in [3.63, 3.8) is 0 Å². The summed E-state index contributed by atoms with van der Waals surface area (Å²) in [6, 6.07) is 2.89. The molecule has 1 aliphatic rings. The molecule has 1 saturated heterocycles. The normalized spacial score (nSPS) is 17.6. The molecule has 0 unspecified atom stereocenters. The van der Waals surface area contributed by atoms with Crippen molar-refractivity contribution in [1.29, 1.82) is 5.26 Å². The summed E-state index contributed by atoms with van der Waals surface area (Å²) >= 11 is 5.74. The number of ether oxygens (including phenoxy) is 1. The molecular formula is C29H42N8O5S. The number of hydrogen-bond donors (Lipinski definition) is 2. The number of nitrogens with one attached hydrogen (secondary N) is 1. The predicted molar refractivity (Wildman–Crippen MR) is 166 cm³/mol. The van der Waals surface area contributed by atoms with E-state index in [0.717, 1.165) is 11.8 Å². The number of carboxylic acids is 1. The number of amides is 2. The fraction of sp³-hybridized carbons (Fsp3) is 0.621. The summed E-state index contributed by atoms with van der Waals surface area (Å²) in [5.41, 5.74) is -0.0463. The number of unbranched alkanes of at least 4 members (excludes halogenated alkanes) is 1. The predicted octanol–water partition coefficient (Wildman–Crippen LogP) is 3.23. The van der Waals surface area contributed by atoms with Crippen molar-refractivity contribution >= 4 is 52.2 Å². The molecule has 0 spiro atoms. The van der Waals surface area contributed by atoms with Crippen molar-refractivity contribution in [1.82, 2.24) is 29.7 Å². The van der Waals surface area contributed by atoms with Crippen LogP contribution in [0.1, 0.15) is 59.8 Å². The minimum absolute atomic E-state index is 0.0198. The van der Waals surface area contributed by atoms with Gasteiger partial charge < -0.3 is 29.9 Å². The largest absolute Gasteiger partial charge is 0.480 e. The van der Waals surface area contributed by atoms with E-state index >= 15 is 0 Å². The summed E-state index contributed by atoms with van der Waals surface area (Å²) in [7, 11) is 3.58. The molecule has 0 radical (unpaired) electrons. The Morgan fingerprint density at radius 1 is 1.28 bits per heavy atom. The average Bonchev–Trinajstić information content (AvgIpc) is 3.37. The van der Waals surface area contributed by atoms with E-state index in [0.29, 0.717) is 50.4 Å². The summed E-state index contributed by atoms with van der Waals surface area (Å²) in [5, 5.41) is 22.7. The van der Waals surface area contributed by atoms with Crippen LogP contribution in [0.4, 0.5) is 10.6 Å². The van der Waals surface area contributed by atoms with E-state index in [-0.39, 0.29) is 29.4 Å². The molecule has 2 N–H and O–H groups in total. The maximum atomic E-state index is 12.4. The van der Waals surface area contributed by atoms with Gasteiger partial charge in [-0.25, -0.2) is 19.6 Å². The van der Waals surface area contributed by atoms with E-state index in [2.05, 4.69) is 22.2 Å². The van der Waals surface area contributed by atoms with E-state index in [4.69, 9.17) is 22.2 Å². The van der Waals surface area contributed by atoms with E-state index in [1.54, 1.807) is 48.4 Å². The molecule has 13 nitrogen and oxygen atoms in total. The Morgan fingerprint density at radius 2 is 2.00 bits per heavy atom. The van der Waals surface area contributed by atoms with Crippen LogP contribution in [-0.2, 0) is 14.3 Å². The van der Waals surface area contributed by atoms with E-state index in [9.17, 15) is 19.5 Å². The lowest BCUT2D eigenvalue weighted by molar-refractivity contribution is -0.141. The van der Waals surface area contributed by atoms with Gasteiger partial charge in [-0.1, -0.05) is 6.92 Å². The Hall–Kier alpha value is -3.99. The molecule has 3 atom stereocenters. The zero-order valence-electron chi connectivity index (χ0n) is 25.7. The van der Waals surface area contributed by atoms with Gasteiger partial charge in [0.1, 0.15) is 30.2 Å². The summed E-state index contributed by atoms with van der Waals surface area (Å²) in [6.45, 7) is 8.97. The quantitative estimate of drug-likeness (QED) is 0.299. The minimum atomic E-state index is -1.00. The second kappa shape index (κ2) is 14.5. The Kier molecular flexibility index (Phi) is 11.3. The lowest BCUT2D eigenvalue weighted by Gasteiger charge is -2.42. The zero-order chi connectivity index (χ0) is 31.9. The number of carboxylic acid groups (broad SMARTS) is 1. The third-order valence-corrected chi connectivity index (χ3v) is 8.11. The van der Waals surface area contributed by atoms with E-state index in [1.165, 1.54) is 6.33 Å². The summed E-state index contributed by atoms with van der Waals surface area (Å²) in [6.07, 6.45) is 4.83. The smallest absolute Gasteiger partial charge is 0.407 e. The fourth-order valence-corrected chi connectivity index (χ4v) is 5.52. The number of fused-ring (bicyclic) bond motifs is 1. The van der Waals surface area contributed by atoms with Gasteiger partial charge in [0.25, 0.3) is 0 Å². The number of nitriles is 1. The molecule has 0 bridgehead atoms. The Bertz CT molecular complexity index is 1370. The molecule has 14 heteroatoms. The van der Waals surface area contributed by atoms with Crippen LogP contribution in [-0.4, -0.2) is 104 Å². The first-order valence-electron chi connectivity index (χ1n) is 14.4. The van der Waals surface area contributed by atoms with E-state index < -0.39 is 23.7 Å². The number of thiocarbonyl (C=S) groups is 1. The molecule has 1 fully saturated rings. The number of hydrogen-bond acceptors (Lipinski definition) is 9. The van der Waals surface area contributed by atoms with E-state index in [1.807, 2.05) is 24.1 Å². The van der Waals surface area contributed by atoms with Crippen molar-refractivity contribution in [2.45, 2.75) is 77.5 Å². The van der Waals surface area contributed by atoms with Gasteiger partial charge in [-0.3, -0.25) is 9.36 Å².